The first kappa shape index (κ1) is 13.1. The maximum absolute atomic E-state index is 5.44. The zero-order valence-corrected chi connectivity index (χ0v) is 12.6. The molecule has 0 fully saturated rings. The summed E-state index contributed by atoms with van der Waals surface area (Å²) in [5, 5.41) is 0. The second kappa shape index (κ2) is 8.71. The Morgan fingerprint density at radius 2 is 2.23 bits per heavy atom. The van der Waals surface area contributed by atoms with E-state index in [1.807, 2.05) is 24.3 Å². The third kappa shape index (κ3) is 7.21. The summed E-state index contributed by atoms with van der Waals surface area (Å²) in [6.07, 6.45) is 0. The maximum atomic E-state index is 5.44. The van der Waals surface area contributed by atoms with Crippen molar-refractivity contribution in [1.82, 2.24) is 0 Å². The molecule has 0 atom stereocenters. The van der Waals surface area contributed by atoms with Gasteiger partial charge >= 0.3 is 30.0 Å². The van der Waals surface area contributed by atoms with Crippen LogP contribution in [-0.2, 0) is 16.3 Å². The van der Waals surface area contributed by atoms with E-state index in [0.29, 0.717) is 5.92 Å². The first-order valence-corrected chi connectivity index (χ1v) is 11.1. The van der Waals surface area contributed by atoms with Crippen LogP contribution < -0.4 is 4.74 Å². The molecule has 68 valence electrons. The molecule has 0 heterocycles. The van der Waals surface area contributed by atoms with E-state index in [1.165, 1.54) is 16.3 Å². The van der Waals surface area contributed by atoms with Gasteiger partial charge in [-0.15, -0.1) is 12.1 Å². The molecule has 3 heteroatoms. The van der Waals surface area contributed by atoms with Gasteiger partial charge in [-0.05, 0) is 5.92 Å². The van der Waals surface area contributed by atoms with E-state index in [9.17, 15) is 0 Å². The molecule has 0 saturated heterocycles. The summed E-state index contributed by atoms with van der Waals surface area (Å²) in [7, 11) is 0. The summed E-state index contributed by atoms with van der Waals surface area (Å²) < 4.78 is 5.44. The topological polar surface area (TPSA) is 9.23 Å². The van der Waals surface area contributed by atoms with Crippen molar-refractivity contribution < 1.29 is 21.1 Å². The van der Waals surface area contributed by atoms with Gasteiger partial charge < -0.3 is 4.74 Å². The van der Waals surface area contributed by atoms with Crippen molar-refractivity contribution in [3.63, 3.8) is 0 Å². The second-order valence-electron chi connectivity index (χ2n) is 2.94. The molecule has 0 spiro atoms. The quantitative estimate of drug-likeness (QED) is 0.613. The van der Waals surface area contributed by atoms with Crippen molar-refractivity contribution in [2.24, 2.45) is 5.92 Å². The number of rotatable bonds is 3. The molecule has 1 nitrogen and oxygen atoms in total. The van der Waals surface area contributed by atoms with Gasteiger partial charge in [0.05, 0.1) is 6.61 Å². The van der Waals surface area contributed by atoms with E-state index in [-0.39, 0.29) is 0 Å². The molecule has 0 aliphatic heterocycles. The Kier molecular flexibility index (Phi) is 8.79. The molecule has 0 radical (unpaired) electrons. The van der Waals surface area contributed by atoms with E-state index in [2.05, 4.69) is 33.5 Å². The van der Waals surface area contributed by atoms with E-state index in [1.54, 1.807) is 0 Å². The zero-order chi connectivity index (χ0) is 10.1. The zero-order valence-electron chi connectivity index (χ0n) is 8.09. The van der Waals surface area contributed by atoms with Crippen LogP contribution in [-0.4, -0.2) is 6.61 Å². The standard InChI is InChI=1S/C10H13O.BrH.Zn/c1-9(2)8-11-10-6-4-3-5-7-10;;/h3-4,6-7,9H,8H2,1-2H3;1H;/q-1;;+2/p-1. The fourth-order valence-corrected chi connectivity index (χ4v) is 0.730. The summed E-state index contributed by atoms with van der Waals surface area (Å²) >= 11 is 4.25. The van der Waals surface area contributed by atoms with Crippen LogP contribution in [0.3, 0.4) is 0 Å². The summed E-state index contributed by atoms with van der Waals surface area (Å²) in [4.78, 5) is 0. The van der Waals surface area contributed by atoms with E-state index >= 15 is 0 Å². The van der Waals surface area contributed by atoms with Crippen molar-refractivity contribution in [3.05, 3.63) is 30.3 Å². The fourth-order valence-electron chi connectivity index (χ4n) is 0.730. The van der Waals surface area contributed by atoms with Crippen LogP contribution in [0.4, 0.5) is 0 Å². The molecule has 0 amide bonds. The van der Waals surface area contributed by atoms with E-state index < -0.39 is 0 Å². The third-order valence-corrected chi connectivity index (χ3v) is 1.26. The van der Waals surface area contributed by atoms with Gasteiger partial charge in [0.25, 0.3) is 0 Å². The van der Waals surface area contributed by atoms with Gasteiger partial charge in [-0.3, -0.25) is 0 Å². The van der Waals surface area contributed by atoms with Gasteiger partial charge in [0.1, 0.15) is 0 Å². The van der Waals surface area contributed by atoms with Gasteiger partial charge in [-0.2, -0.15) is 18.2 Å². The van der Waals surface area contributed by atoms with E-state index in [0.717, 1.165) is 12.4 Å². The summed E-state index contributed by atoms with van der Waals surface area (Å²) in [5.41, 5.74) is 0. The Morgan fingerprint density at radius 1 is 1.54 bits per heavy atom. The number of hydrogen-bond donors (Lipinski definition) is 0. The molecule has 0 N–H and O–H groups in total. The molecule has 0 unspecified atom stereocenters. The summed E-state index contributed by atoms with van der Waals surface area (Å²) in [5.74, 6) is 1.48. The summed E-state index contributed by atoms with van der Waals surface area (Å²) in [6.45, 7) is 5.04. The van der Waals surface area contributed by atoms with Crippen LogP contribution in [0.15, 0.2) is 24.3 Å². The Labute approximate surface area is 96.9 Å². The van der Waals surface area contributed by atoms with Crippen LogP contribution in [0.1, 0.15) is 13.8 Å². The molecule has 0 aliphatic rings. The fraction of sp³-hybridized carbons (Fsp3) is 0.400. The van der Waals surface area contributed by atoms with Crippen LogP contribution in [0, 0.1) is 12.0 Å². The molecular formula is C10H13BrOZn. The number of ether oxygens (including phenoxy) is 1. The van der Waals surface area contributed by atoms with Gasteiger partial charge in [-0.25, -0.2) is 0 Å². The second-order valence-corrected chi connectivity index (χ2v) is 2.94. The van der Waals surface area contributed by atoms with Crippen molar-refractivity contribution in [2.75, 3.05) is 6.61 Å². The SMILES string of the molecule is CC(C)COc1c[c-]ccc1.[Zn+][Br]. The van der Waals surface area contributed by atoms with Crippen LogP contribution in [0.5, 0.6) is 5.75 Å². The predicted molar refractivity (Wildman–Crippen MR) is 54.5 cm³/mol. The molecule has 0 saturated carbocycles. The summed E-state index contributed by atoms with van der Waals surface area (Å²) in [6, 6.07) is 10.5. The average molecular weight is 295 g/mol. The molecule has 1 aromatic rings. The molecular weight excluding hydrogens is 281 g/mol. The Hall–Kier alpha value is 0.123. The molecule has 0 aromatic heterocycles. The normalized spacial score (nSPS) is 9.08. The molecule has 0 aliphatic carbocycles. The van der Waals surface area contributed by atoms with Crippen LogP contribution in [0.2, 0.25) is 0 Å². The number of halogens is 1. The van der Waals surface area contributed by atoms with Gasteiger partial charge in [0, 0.05) is 5.75 Å². The van der Waals surface area contributed by atoms with E-state index in [4.69, 9.17) is 4.74 Å². The van der Waals surface area contributed by atoms with Crippen LogP contribution in [0.25, 0.3) is 0 Å². The first-order chi connectivity index (χ1) is 6.29. The molecule has 0 bridgehead atoms. The van der Waals surface area contributed by atoms with Gasteiger partial charge in [0.2, 0.25) is 0 Å². The van der Waals surface area contributed by atoms with Crippen molar-refractivity contribution >= 4 is 13.6 Å². The predicted octanol–water partition coefficient (Wildman–Crippen LogP) is 3.36. The molecule has 1 aromatic carbocycles. The minimum atomic E-state index is 0.579. The Bertz CT molecular complexity index is 201. The van der Waals surface area contributed by atoms with Crippen molar-refractivity contribution in [3.8, 4) is 5.75 Å². The first-order valence-electron chi connectivity index (χ1n) is 4.14. The molecule has 13 heavy (non-hydrogen) atoms. The van der Waals surface area contributed by atoms with Crippen molar-refractivity contribution in [1.29, 1.82) is 0 Å². The third-order valence-electron chi connectivity index (χ3n) is 1.26. The average Bonchev–Trinajstić information content (AvgIpc) is 2.19. The Morgan fingerprint density at radius 3 is 2.69 bits per heavy atom. The number of hydrogen-bond acceptors (Lipinski definition) is 1. The minimum absolute atomic E-state index is 0.579. The molecule has 1 rings (SSSR count). The monoisotopic (exact) mass is 292 g/mol. The number of benzene rings is 1. The van der Waals surface area contributed by atoms with Crippen molar-refractivity contribution in [2.45, 2.75) is 13.8 Å². The Balaban J connectivity index is 0.000000671. The van der Waals surface area contributed by atoms with Crippen LogP contribution >= 0.6 is 13.6 Å². The van der Waals surface area contributed by atoms with Gasteiger partial charge in [0.15, 0.2) is 0 Å². The van der Waals surface area contributed by atoms with Gasteiger partial charge in [-0.1, -0.05) is 13.8 Å².